The van der Waals surface area contributed by atoms with Crippen LogP contribution in [0.1, 0.15) is 17.7 Å². The molecule has 3 N–H and O–H groups in total. The average molecular weight is 315 g/mol. The predicted octanol–water partition coefficient (Wildman–Crippen LogP) is 2.56. The number of pyridine rings is 1. The van der Waals surface area contributed by atoms with Gasteiger partial charge < -0.3 is 20.5 Å². The quantitative estimate of drug-likeness (QED) is 0.855. The van der Waals surface area contributed by atoms with E-state index in [4.69, 9.17) is 15.2 Å². The number of amides is 1. The largest absolute Gasteiger partial charge is 0.493 e. The van der Waals surface area contributed by atoms with Crippen LogP contribution < -0.4 is 20.5 Å². The number of carbonyl (C=O) groups is 1. The van der Waals surface area contributed by atoms with Crippen molar-refractivity contribution in [1.29, 1.82) is 0 Å². The predicted molar refractivity (Wildman–Crippen MR) is 89.9 cm³/mol. The minimum atomic E-state index is -0.101. The molecule has 122 valence electrons. The highest BCUT2D eigenvalue weighted by Crippen LogP contribution is 2.28. The van der Waals surface area contributed by atoms with E-state index in [0.717, 1.165) is 5.56 Å². The van der Waals surface area contributed by atoms with Gasteiger partial charge in [0.15, 0.2) is 11.5 Å². The third-order valence-electron chi connectivity index (χ3n) is 3.48. The molecule has 0 saturated carbocycles. The second-order valence-electron chi connectivity index (χ2n) is 5.11. The maximum absolute atomic E-state index is 12.0. The zero-order chi connectivity index (χ0) is 16.8. The Labute approximate surface area is 135 Å². The van der Waals surface area contributed by atoms with Crippen LogP contribution in [-0.2, 0) is 11.2 Å². The number of hydrogen-bond acceptors (Lipinski definition) is 5. The van der Waals surface area contributed by atoms with Gasteiger partial charge in [0.2, 0.25) is 5.91 Å². The molecule has 1 amide bonds. The van der Waals surface area contributed by atoms with E-state index in [2.05, 4.69) is 10.3 Å². The van der Waals surface area contributed by atoms with E-state index >= 15 is 0 Å². The molecule has 0 bridgehead atoms. The van der Waals surface area contributed by atoms with Crippen molar-refractivity contribution in [2.45, 2.75) is 19.8 Å². The van der Waals surface area contributed by atoms with Crippen molar-refractivity contribution in [3.63, 3.8) is 0 Å². The standard InChI is InChI=1S/C17H21N3O3/c1-11-13(18)6-8-16(19-11)20-17(21)9-5-12-4-7-14(22-2)15(10-12)23-3/h4,6-8,10H,5,9,18H2,1-3H3,(H,19,20,21). The van der Waals surface area contributed by atoms with Crippen molar-refractivity contribution in [3.05, 3.63) is 41.6 Å². The minimum absolute atomic E-state index is 0.101. The lowest BCUT2D eigenvalue weighted by molar-refractivity contribution is -0.116. The highest BCUT2D eigenvalue weighted by molar-refractivity contribution is 5.90. The number of nitrogens with two attached hydrogens (primary N) is 1. The second kappa shape index (κ2) is 7.49. The van der Waals surface area contributed by atoms with Gasteiger partial charge in [0.05, 0.1) is 25.6 Å². The molecule has 1 aromatic carbocycles. The van der Waals surface area contributed by atoms with Crippen molar-refractivity contribution in [2.24, 2.45) is 0 Å². The summed E-state index contributed by atoms with van der Waals surface area (Å²) in [6, 6.07) is 9.04. The monoisotopic (exact) mass is 315 g/mol. The van der Waals surface area contributed by atoms with Gasteiger partial charge in [-0.2, -0.15) is 0 Å². The molecular formula is C17H21N3O3. The number of carbonyl (C=O) groups excluding carboxylic acids is 1. The van der Waals surface area contributed by atoms with Gasteiger partial charge in [-0.3, -0.25) is 4.79 Å². The molecule has 0 aliphatic carbocycles. The van der Waals surface area contributed by atoms with Crippen molar-refractivity contribution in [2.75, 3.05) is 25.3 Å². The maximum Gasteiger partial charge on any atom is 0.225 e. The normalized spacial score (nSPS) is 10.2. The molecule has 0 spiro atoms. The fourth-order valence-electron chi connectivity index (χ4n) is 2.14. The summed E-state index contributed by atoms with van der Waals surface area (Å²) in [5.74, 6) is 1.73. The molecule has 0 aliphatic rings. The first-order valence-electron chi connectivity index (χ1n) is 7.27. The Balaban J connectivity index is 1.95. The number of aryl methyl sites for hydroxylation is 2. The summed E-state index contributed by atoms with van der Waals surface area (Å²) in [5.41, 5.74) is 8.01. The summed E-state index contributed by atoms with van der Waals surface area (Å²) < 4.78 is 10.5. The lowest BCUT2D eigenvalue weighted by Crippen LogP contribution is -2.14. The van der Waals surface area contributed by atoms with E-state index < -0.39 is 0 Å². The van der Waals surface area contributed by atoms with Crippen LogP contribution in [0.2, 0.25) is 0 Å². The Hall–Kier alpha value is -2.76. The first-order valence-corrected chi connectivity index (χ1v) is 7.27. The smallest absolute Gasteiger partial charge is 0.225 e. The summed E-state index contributed by atoms with van der Waals surface area (Å²) in [7, 11) is 3.18. The third-order valence-corrected chi connectivity index (χ3v) is 3.48. The van der Waals surface area contributed by atoms with Crippen LogP contribution in [0.25, 0.3) is 0 Å². The molecule has 1 heterocycles. The minimum Gasteiger partial charge on any atom is -0.493 e. The van der Waals surface area contributed by atoms with E-state index in [-0.39, 0.29) is 5.91 Å². The van der Waals surface area contributed by atoms with Crippen LogP contribution >= 0.6 is 0 Å². The lowest BCUT2D eigenvalue weighted by Gasteiger charge is -2.10. The molecule has 0 radical (unpaired) electrons. The van der Waals surface area contributed by atoms with Crippen LogP contribution in [0.15, 0.2) is 30.3 Å². The van der Waals surface area contributed by atoms with Gasteiger partial charge in [-0.05, 0) is 43.2 Å². The second-order valence-corrected chi connectivity index (χ2v) is 5.11. The number of hydrogen-bond donors (Lipinski definition) is 2. The average Bonchev–Trinajstić information content (AvgIpc) is 2.56. The number of aromatic nitrogens is 1. The Kier molecular flexibility index (Phi) is 5.41. The van der Waals surface area contributed by atoms with E-state index in [1.54, 1.807) is 33.3 Å². The fraction of sp³-hybridized carbons (Fsp3) is 0.294. The van der Waals surface area contributed by atoms with Crippen molar-refractivity contribution in [3.8, 4) is 11.5 Å². The van der Waals surface area contributed by atoms with Gasteiger partial charge in [0.1, 0.15) is 5.82 Å². The van der Waals surface area contributed by atoms with Crippen molar-refractivity contribution in [1.82, 2.24) is 4.98 Å². The molecule has 2 rings (SSSR count). The Morgan fingerprint density at radius 3 is 2.57 bits per heavy atom. The van der Waals surface area contributed by atoms with Crippen LogP contribution in [-0.4, -0.2) is 25.1 Å². The third kappa shape index (κ3) is 4.35. The maximum atomic E-state index is 12.0. The molecule has 23 heavy (non-hydrogen) atoms. The van der Waals surface area contributed by atoms with Gasteiger partial charge in [-0.25, -0.2) is 4.98 Å². The van der Waals surface area contributed by atoms with Gasteiger partial charge in [0, 0.05) is 6.42 Å². The molecule has 6 nitrogen and oxygen atoms in total. The van der Waals surface area contributed by atoms with Gasteiger partial charge >= 0.3 is 0 Å². The first-order chi connectivity index (χ1) is 11.0. The van der Waals surface area contributed by atoms with Gasteiger partial charge in [-0.1, -0.05) is 6.07 Å². The summed E-state index contributed by atoms with van der Waals surface area (Å²) in [4.78, 5) is 16.2. The summed E-state index contributed by atoms with van der Waals surface area (Å²) in [6.07, 6.45) is 0.945. The molecule has 0 atom stereocenters. The number of nitrogens with zero attached hydrogens (tertiary/aromatic N) is 1. The van der Waals surface area contributed by atoms with Crippen LogP contribution in [0.3, 0.4) is 0 Å². The number of ether oxygens (including phenoxy) is 2. The molecule has 0 unspecified atom stereocenters. The summed E-state index contributed by atoms with van der Waals surface area (Å²) in [5, 5.41) is 2.77. The topological polar surface area (TPSA) is 86.5 Å². The summed E-state index contributed by atoms with van der Waals surface area (Å²) >= 11 is 0. The van der Waals surface area contributed by atoms with Crippen molar-refractivity contribution < 1.29 is 14.3 Å². The van der Waals surface area contributed by atoms with Crippen molar-refractivity contribution >= 4 is 17.4 Å². The molecule has 0 fully saturated rings. The first kappa shape index (κ1) is 16.6. The zero-order valence-electron chi connectivity index (χ0n) is 13.6. The van der Waals surface area contributed by atoms with E-state index in [1.807, 2.05) is 18.2 Å². The van der Waals surface area contributed by atoms with E-state index in [0.29, 0.717) is 41.5 Å². The molecule has 2 aromatic rings. The zero-order valence-corrected chi connectivity index (χ0v) is 13.6. The SMILES string of the molecule is COc1ccc(CCC(=O)Nc2ccc(N)c(C)n2)cc1OC. The Morgan fingerprint density at radius 2 is 1.91 bits per heavy atom. The lowest BCUT2D eigenvalue weighted by atomic mass is 10.1. The molecular weight excluding hydrogens is 294 g/mol. The summed E-state index contributed by atoms with van der Waals surface area (Å²) in [6.45, 7) is 1.80. The number of anilines is 2. The molecule has 0 aliphatic heterocycles. The fourth-order valence-corrected chi connectivity index (χ4v) is 2.14. The Morgan fingerprint density at radius 1 is 1.17 bits per heavy atom. The number of rotatable bonds is 6. The van der Waals surface area contributed by atoms with Gasteiger partial charge in [-0.15, -0.1) is 0 Å². The van der Waals surface area contributed by atoms with E-state index in [9.17, 15) is 4.79 Å². The number of nitrogens with one attached hydrogen (secondary N) is 1. The molecule has 1 aromatic heterocycles. The van der Waals surface area contributed by atoms with E-state index in [1.165, 1.54) is 0 Å². The Bertz CT molecular complexity index is 701. The highest BCUT2D eigenvalue weighted by atomic mass is 16.5. The van der Waals surface area contributed by atoms with Crippen LogP contribution in [0.5, 0.6) is 11.5 Å². The number of methoxy groups -OCH3 is 2. The van der Waals surface area contributed by atoms with Crippen LogP contribution in [0.4, 0.5) is 11.5 Å². The molecule has 0 saturated heterocycles. The number of nitrogen functional groups attached to an aromatic ring is 1. The van der Waals surface area contributed by atoms with Crippen LogP contribution in [0, 0.1) is 6.92 Å². The number of benzene rings is 1. The molecule has 6 heteroatoms. The van der Waals surface area contributed by atoms with Gasteiger partial charge in [0.25, 0.3) is 0 Å². The highest BCUT2D eigenvalue weighted by Gasteiger charge is 2.08.